The van der Waals surface area contributed by atoms with Gasteiger partial charge in [0, 0.05) is 69.6 Å². The molecule has 3 fully saturated rings. The van der Waals surface area contributed by atoms with E-state index in [1.165, 1.54) is 0 Å². The fourth-order valence-corrected chi connectivity index (χ4v) is 4.63. The van der Waals surface area contributed by atoms with Gasteiger partial charge in [-0.1, -0.05) is 13.8 Å². The van der Waals surface area contributed by atoms with Gasteiger partial charge in [0.2, 0.25) is 5.95 Å². The molecule has 1 aromatic rings. The van der Waals surface area contributed by atoms with Gasteiger partial charge in [0.05, 0.1) is 6.10 Å². The summed E-state index contributed by atoms with van der Waals surface area (Å²) in [6.45, 7) is 9.17. The number of ether oxygens (including phenoxy) is 1. The summed E-state index contributed by atoms with van der Waals surface area (Å²) in [6.07, 6.45) is 5.15. The summed E-state index contributed by atoms with van der Waals surface area (Å²) < 4.78 is 5.91. The molecule has 4 rings (SSSR count). The fourth-order valence-electron chi connectivity index (χ4n) is 4.63. The first-order chi connectivity index (χ1) is 12.1. The molecule has 1 aromatic heterocycles. The standard InChI is InChI=1S/C18H28N6O/c1-18(2)14(13-5-12-25-15(13)18)22-16(19-3)23-8-10-24(11-9-23)17-20-6-4-7-21-17/h4,6-7,13-15H,5,8-12H2,1-3H3,(H,19,22). The second kappa shape index (κ2) is 6.44. The first-order valence-electron chi connectivity index (χ1n) is 9.23. The van der Waals surface area contributed by atoms with Gasteiger partial charge in [0.25, 0.3) is 0 Å². The van der Waals surface area contributed by atoms with Crippen LogP contribution in [0.25, 0.3) is 0 Å². The first-order valence-corrected chi connectivity index (χ1v) is 9.23. The summed E-state index contributed by atoms with van der Waals surface area (Å²) in [6, 6.07) is 2.29. The van der Waals surface area contributed by atoms with Crippen molar-refractivity contribution in [3.05, 3.63) is 18.5 Å². The Balaban J connectivity index is 1.37. The molecule has 25 heavy (non-hydrogen) atoms. The van der Waals surface area contributed by atoms with E-state index in [2.05, 4.69) is 43.9 Å². The number of hydrogen-bond acceptors (Lipinski definition) is 5. The van der Waals surface area contributed by atoms with Crippen LogP contribution in [0.2, 0.25) is 0 Å². The van der Waals surface area contributed by atoms with Crippen molar-refractivity contribution >= 4 is 11.9 Å². The lowest BCUT2D eigenvalue weighted by molar-refractivity contribution is -0.107. The van der Waals surface area contributed by atoms with E-state index in [9.17, 15) is 0 Å². The average Bonchev–Trinajstić information content (AvgIpc) is 3.11. The lowest BCUT2D eigenvalue weighted by Crippen LogP contribution is -2.68. The average molecular weight is 344 g/mol. The van der Waals surface area contributed by atoms with Crippen molar-refractivity contribution in [3.8, 4) is 0 Å². The van der Waals surface area contributed by atoms with Crippen molar-refractivity contribution < 1.29 is 4.74 Å². The Hall–Kier alpha value is -1.89. The van der Waals surface area contributed by atoms with Crippen molar-refractivity contribution in [1.29, 1.82) is 0 Å². The number of aliphatic imine (C=N–C) groups is 1. The monoisotopic (exact) mass is 344 g/mol. The number of piperazine rings is 1. The van der Waals surface area contributed by atoms with Gasteiger partial charge in [-0.3, -0.25) is 4.99 Å². The van der Waals surface area contributed by atoms with Gasteiger partial charge in [0.15, 0.2) is 5.96 Å². The maximum Gasteiger partial charge on any atom is 0.225 e. The molecule has 3 unspecified atom stereocenters. The Kier molecular flexibility index (Phi) is 4.27. The predicted octanol–water partition coefficient (Wildman–Crippen LogP) is 0.987. The number of anilines is 1. The molecule has 136 valence electrons. The summed E-state index contributed by atoms with van der Waals surface area (Å²) in [4.78, 5) is 17.8. The zero-order chi connectivity index (χ0) is 17.4. The van der Waals surface area contributed by atoms with Crippen LogP contribution in [0.1, 0.15) is 20.3 Å². The molecule has 1 N–H and O–H groups in total. The van der Waals surface area contributed by atoms with E-state index in [1.54, 1.807) is 12.4 Å². The van der Waals surface area contributed by atoms with Crippen LogP contribution in [0.15, 0.2) is 23.5 Å². The van der Waals surface area contributed by atoms with Crippen molar-refractivity contribution in [2.45, 2.75) is 32.4 Å². The second-order valence-corrected chi connectivity index (χ2v) is 7.76. The minimum atomic E-state index is 0.163. The number of nitrogens with zero attached hydrogens (tertiary/aromatic N) is 5. The lowest BCUT2D eigenvalue weighted by Gasteiger charge is -2.55. The number of rotatable bonds is 2. The third kappa shape index (κ3) is 2.84. The number of hydrogen-bond donors (Lipinski definition) is 1. The highest BCUT2D eigenvalue weighted by molar-refractivity contribution is 5.80. The molecule has 0 radical (unpaired) electrons. The lowest BCUT2D eigenvalue weighted by atomic mass is 9.57. The normalized spacial score (nSPS) is 31.5. The van der Waals surface area contributed by atoms with Crippen molar-refractivity contribution in [2.24, 2.45) is 16.3 Å². The Morgan fingerprint density at radius 3 is 2.64 bits per heavy atom. The van der Waals surface area contributed by atoms with Gasteiger partial charge >= 0.3 is 0 Å². The largest absolute Gasteiger partial charge is 0.377 e. The molecule has 3 aliphatic rings. The first kappa shape index (κ1) is 16.6. The van der Waals surface area contributed by atoms with Crippen LogP contribution < -0.4 is 10.2 Å². The van der Waals surface area contributed by atoms with E-state index in [-0.39, 0.29) is 5.41 Å². The molecule has 3 heterocycles. The molecule has 7 heteroatoms. The molecule has 1 aliphatic carbocycles. The summed E-state index contributed by atoms with van der Waals surface area (Å²) in [5, 5.41) is 3.74. The van der Waals surface area contributed by atoms with Crippen LogP contribution in [0, 0.1) is 11.3 Å². The Morgan fingerprint density at radius 2 is 1.96 bits per heavy atom. The van der Waals surface area contributed by atoms with Crippen LogP contribution in [-0.2, 0) is 4.74 Å². The number of guanidine groups is 1. The minimum Gasteiger partial charge on any atom is -0.377 e. The molecule has 2 aliphatic heterocycles. The van der Waals surface area contributed by atoms with Gasteiger partial charge in [-0.25, -0.2) is 9.97 Å². The van der Waals surface area contributed by atoms with E-state index >= 15 is 0 Å². The molecular weight excluding hydrogens is 316 g/mol. The molecule has 0 spiro atoms. The molecular formula is C18H28N6O. The maximum absolute atomic E-state index is 5.91. The predicted molar refractivity (Wildman–Crippen MR) is 97.7 cm³/mol. The van der Waals surface area contributed by atoms with Gasteiger partial charge in [-0.05, 0) is 12.5 Å². The Labute approximate surface area is 149 Å². The number of aromatic nitrogens is 2. The van der Waals surface area contributed by atoms with Crippen LogP contribution in [0.5, 0.6) is 0 Å². The van der Waals surface area contributed by atoms with Crippen molar-refractivity contribution in [2.75, 3.05) is 44.7 Å². The summed E-state index contributed by atoms with van der Waals surface area (Å²) in [7, 11) is 1.88. The van der Waals surface area contributed by atoms with E-state index in [4.69, 9.17) is 4.74 Å². The number of fused-ring (bicyclic) bond motifs is 1. The van der Waals surface area contributed by atoms with Crippen LogP contribution in [0.3, 0.4) is 0 Å². The van der Waals surface area contributed by atoms with E-state index in [0.717, 1.165) is 51.1 Å². The molecule has 0 amide bonds. The Morgan fingerprint density at radius 1 is 1.24 bits per heavy atom. The molecule has 7 nitrogen and oxygen atoms in total. The van der Waals surface area contributed by atoms with Gasteiger partial charge in [0.1, 0.15) is 0 Å². The van der Waals surface area contributed by atoms with Crippen LogP contribution >= 0.6 is 0 Å². The number of nitrogens with one attached hydrogen (secondary N) is 1. The SMILES string of the molecule is CN=C(NC1C2CCOC2C1(C)C)N1CCN(c2ncccn2)CC1. The third-order valence-electron chi connectivity index (χ3n) is 6.01. The topological polar surface area (TPSA) is 65.9 Å². The van der Waals surface area contributed by atoms with E-state index in [0.29, 0.717) is 18.1 Å². The highest BCUT2D eigenvalue weighted by atomic mass is 16.5. The summed E-state index contributed by atoms with van der Waals surface area (Å²) in [5.74, 6) is 2.44. The summed E-state index contributed by atoms with van der Waals surface area (Å²) >= 11 is 0. The molecule has 3 atom stereocenters. The van der Waals surface area contributed by atoms with E-state index in [1.807, 2.05) is 13.1 Å². The highest BCUT2D eigenvalue weighted by Gasteiger charge is 2.59. The molecule has 1 saturated carbocycles. The Bertz CT molecular complexity index is 626. The fraction of sp³-hybridized carbons (Fsp3) is 0.722. The minimum absolute atomic E-state index is 0.163. The van der Waals surface area contributed by atoms with Gasteiger partial charge in [-0.15, -0.1) is 0 Å². The van der Waals surface area contributed by atoms with Gasteiger partial charge in [-0.2, -0.15) is 0 Å². The van der Waals surface area contributed by atoms with E-state index < -0.39 is 0 Å². The van der Waals surface area contributed by atoms with Crippen molar-refractivity contribution in [3.63, 3.8) is 0 Å². The van der Waals surface area contributed by atoms with Crippen molar-refractivity contribution in [1.82, 2.24) is 20.2 Å². The second-order valence-electron chi connectivity index (χ2n) is 7.76. The summed E-state index contributed by atoms with van der Waals surface area (Å²) in [5.41, 5.74) is 0.163. The highest BCUT2D eigenvalue weighted by Crippen LogP contribution is 2.52. The quantitative estimate of drug-likeness (QED) is 0.637. The zero-order valence-electron chi connectivity index (χ0n) is 15.4. The van der Waals surface area contributed by atoms with Gasteiger partial charge < -0.3 is 19.9 Å². The maximum atomic E-state index is 5.91. The van der Waals surface area contributed by atoms with Crippen LogP contribution in [0.4, 0.5) is 5.95 Å². The molecule has 2 saturated heterocycles. The smallest absolute Gasteiger partial charge is 0.225 e. The zero-order valence-corrected chi connectivity index (χ0v) is 15.4. The third-order valence-corrected chi connectivity index (χ3v) is 6.01. The molecule has 0 bridgehead atoms. The molecule has 0 aromatic carbocycles. The van der Waals surface area contributed by atoms with Crippen LogP contribution in [-0.4, -0.2) is 72.8 Å².